The van der Waals surface area contributed by atoms with Crippen LogP contribution in [0, 0.1) is 50.2 Å². The highest BCUT2D eigenvalue weighted by Crippen LogP contribution is 2.76. The number of methoxy groups -OCH3 is 1. The fraction of sp³-hybridized carbons (Fsp3) is 0.838. The van der Waals surface area contributed by atoms with Crippen LogP contribution in [0.5, 0.6) is 5.75 Å². The van der Waals surface area contributed by atoms with E-state index in [2.05, 4.69) is 6.92 Å². The third kappa shape index (κ3) is 16.4. The summed E-state index contributed by atoms with van der Waals surface area (Å²) in [4.78, 5) is 45.2. The third-order valence-corrected chi connectivity index (χ3v) is 28.8. The van der Waals surface area contributed by atoms with Gasteiger partial charge < -0.3 is 178 Å². The first kappa shape index (κ1) is 92.3. The van der Waals surface area contributed by atoms with Crippen molar-refractivity contribution in [3.63, 3.8) is 0 Å². The first-order valence-corrected chi connectivity index (χ1v) is 40.9. The number of aliphatic carboxylic acids is 1. The van der Waals surface area contributed by atoms with Crippen molar-refractivity contribution in [1.29, 1.82) is 0 Å². The predicted octanol–water partition coefficient (Wildman–Crippen LogP) is -4.92. The van der Waals surface area contributed by atoms with Crippen LogP contribution in [0.3, 0.4) is 0 Å². The first-order chi connectivity index (χ1) is 56.1. The molecular formula is C80H120O39. The Bertz CT molecular complexity index is 3720. The molecule has 39 nitrogen and oxygen atoms in total. The molecule has 7 aliphatic heterocycles. The maximum atomic E-state index is 16.6. The Morgan fingerprint density at radius 1 is 0.521 bits per heavy atom. The van der Waals surface area contributed by atoms with Crippen molar-refractivity contribution >= 4 is 24.0 Å². The number of carboxylic acid groups (broad SMARTS) is 1. The molecule has 12 aliphatic rings. The van der Waals surface area contributed by atoms with E-state index in [1.54, 1.807) is 24.3 Å². The van der Waals surface area contributed by atoms with Crippen LogP contribution in [0.2, 0.25) is 0 Å². The summed E-state index contributed by atoms with van der Waals surface area (Å²) in [5, 5.41) is 224. The quantitative estimate of drug-likeness (QED) is 0.0211. The van der Waals surface area contributed by atoms with Crippen LogP contribution in [0.1, 0.15) is 119 Å². The van der Waals surface area contributed by atoms with E-state index < -0.39 is 316 Å². The molecule has 13 rings (SSSR count). The molecule has 0 radical (unpaired) electrons. The van der Waals surface area contributed by atoms with Gasteiger partial charge in [0.25, 0.3) is 0 Å². The number of rotatable bonds is 23. The second-order valence-electron chi connectivity index (χ2n) is 36.2. The van der Waals surface area contributed by atoms with Gasteiger partial charge in [0.1, 0.15) is 133 Å². The molecule has 0 spiro atoms. The Kier molecular flexibility index (Phi) is 27.5. The van der Waals surface area contributed by atoms with Crippen molar-refractivity contribution in [2.75, 3.05) is 46.8 Å². The number of carbonyl (C=O) groups is 3. The Labute approximate surface area is 685 Å². The molecule has 42 atom stereocenters. The normalized spacial score (nSPS) is 50.5. The van der Waals surface area contributed by atoms with Gasteiger partial charge in [-0.25, -0.2) is 4.79 Å². The van der Waals surface area contributed by atoms with E-state index in [1.807, 2.05) is 26.8 Å². The van der Waals surface area contributed by atoms with Crippen molar-refractivity contribution in [2.24, 2.45) is 50.2 Å². The number of hydrogen-bond acceptors (Lipinski definition) is 38. The number of allylic oxidation sites excluding steroid dienone is 1. The summed E-state index contributed by atoms with van der Waals surface area (Å²) in [6.45, 7) is 9.10. The zero-order chi connectivity index (χ0) is 86.6. The summed E-state index contributed by atoms with van der Waals surface area (Å²) in [7, 11) is 1.47. The maximum Gasteiger partial charge on any atom is 0.331 e. The van der Waals surface area contributed by atoms with Crippen molar-refractivity contribution in [3.05, 3.63) is 47.6 Å². The Balaban J connectivity index is 0.850. The minimum absolute atomic E-state index is 0.0390. The van der Waals surface area contributed by atoms with Crippen LogP contribution >= 0.6 is 0 Å². The van der Waals surface area contributed by atoms with Gasteiger partial charge in [0.05, 0.1) is 82.0 Å². The smallest absolute Gasteiger partial charge is 0.331 e. The lowest BCUT2D eigenvalue weighted by molar-refractivity contribution is -0.398. The van der Waals surface area contributed by atoms with Gasteiger partial charge in [-0.1, -0.05) is 51.5 Å². The molecule has 1 aromatic carbocycles. The molecule has 8 unspecified atom stereocenters. The monoisotopic (exact) mass is 1700 g/mol. The number of hydrogen-bond donors (Lipinski definition) is 20. The molecule has 7 heterocycles. The van der Waals surface area contributed by atoms with Crippen LogP contribution in [-0.4, -0.2) is 375 Å². The molecule has 0 amide bonds. The molecular weight excluding hydrogens is 1580 g/mol. The van der Waals surface area contributed by atoms with Gasteiger partial charge in [0.15, 0.2) is 49.9 Å². The zero-order valence-corrected chi connectivity index (χ0v) is 67.6. The summed E-state index contributed by atoms with van der Waals surface area (Å²) in [5.74, 6) is -4.72. The Hall–Kier alpha value is -4.37. The van der Waals surface area contributed by atoms with Gasteiger partial charge in [0.2, 0.25) is 6.29 Å². The molecule has 4 saturated carbocycles. The van der Waals surface area contributed by atoms with Crippen LogP contribution < -0.4 is 4.74 Å². The minimum atomic E-state index is -2.36. The van der Waals surface area contributed by atoms with Gasteiger partial charge in [-0.15, -0.1) is 0 Å². The fourth-order valence-electron chi connectivity index (χ4n) is 21.6. The number of ether oxygens (including phenoxy) is 16. The molecule has 0 aromatic heterocycles. The van der Waals surface area contributed by atoms with E-state index >= 15 is 4.79 Å². The fourth-order valence-corrected chi connectivity index (χ4v) is 21.6. The van der Waals surface area contributed by atoms with Crippen LogP contribution in [0.15, 0.2) is 42.0 Å². The summed E-state index contributed by atoms with van der Waals surface area (Å²) in [5.41, 5.74) is -8.10. The molecule has 1 aromatic rings. The zero-order valence-electron chi connectivity index (χ0n) is 67.6. The van der Waals surface area contributed by atoms with Crippen LogP contribution in [0.25, 0.3) is 6.08 Å². The first-order valence-electron chi connectivity index (χ1n) is 40.9. The van der Waals surface area contributed by atoms with Gasteiger partial charge in [-0.2, -0.15) is 0 Å². The summed E-state index contributed by atoms with van der Waals surface area (Å²) >= 11 is 0. The van der Waals surface area contributed by atoms with Gasteiger partial charge in [0, 0.05) is 11.5 Å². The van der Waals surface area contributed by atoms with Gasteiger partial charge >= 0.3 is 17.9 Å². The third-order valence-electron chi connectivity index (χ3n) is 28.8. The number of aliphatic hydroxyl groups excluding tert-OH is 18. The van der Waals surface area contributed by atoms with E-state index in [-0.39, 0.29) is 38.5 Å². The lowest BCUT2D eigenvalue weighted by Gasteiger charge is -2.71. The van der Waals surface area contributed by atoms with E-state index in [0.29, 0.717) is 30.6 Å². The number of fused-ring (bicyclic) bond motifs is 7. The molecule has 11 fully saturated rings. The molecule has 39 heteroatoms. The summed E-state index contributed by atoms with van der Waals surface area (Å²) in [6.07, 6.45) is -54.0. The SMILES string of the molecule is COc1ccc(/C=C/C(=O)O[C@@H]2[C@H](O[C@@H]3O[C@@H](C)[C@H](O)[C@@H](O)[C@H]3O)[C@@H](O[C@@H]3O[C@@H](C)[C@H](O[C@H]4OC[C@@H](O[C@H]5O[C@H](CO)[C@H](O)[C@H](O)[C@H]5O)[C@H](O)[C@H]4O)[C@@H](OC4OC[C@](O)(CO)[C@H]4O)[C@H]3O)[C@@H](OC(=O)C34CCC(C)(C)CC3C3=CCC5[C@@]6(C)CC(O)C(OC7O[C@H](CO)[C@@H](O)[C@H](O)[C@H]7O)[C@@](C)(C(=O)O)C6CC[C@@]5(C)[C@]3(CO)CC4)O[C@@H]2C)cc1. The highest BCUT2D eigenvalue weighted by atomic mass is 16.8. The number of benzene rings is 1. The highest BCUT2D eigenvalue weighted by molar-refractivity contribution is 5.87. The second kappa shape index (κ2) is 35.5. The van der Waals surface area contributed by atoms with Crippen LogP contribution in [0.4, 0.5) is 0 Å². The van der Waals surface area contributed by atoms with Crippen molar-refractivity contribution in [2.45, 2.75) is 322 Å². The van der Waals surface area contributed by atoms with E-state index in [0.717, 1.165) is 11.6 Å². The lowest BCUT2D eigenvalue weighted by atomic mass is 9.33. The number of aliphatic hydroxyl groups is 19. The van der Waals surface area contributed by atoms with Crippen molar-refractivity contribution in [1.82, 2.24) is 0 Å². The number of carbonyl (C=O) groups excluding carboxylic acids is 2. The molecule has 674 valence electrons. The molecule has 7 saturated heterocycles. The summed E-state index contributed by atoms with van der Waals surface area (Å²) in [6, 6.07) is 6.56. The van der Waals surface area contributed by atoms with Gasteiger partial charge in [-0.05, 0) is 143 Å². The average Bonchev–Trinajstić information content (AvgIpc) is 0.754. The average molecular weight is 1710 g/mol. The van der Waals surface area contributed by atoms with Crippen LogP contribution in [-0.2, 0) is 85.4 Å². The van der Waals surface area contributed by atoms with E-state index in [4.69, 9.17) is 75.8 Å². The highest BCUT2D eigenvalue weighted by Gasteiger charge is 2.74. The number of carboxylic acids is 1. The predicted molar refractivity (Wildman–Crippen MR) is 395 cm³/mol. The largest absolute Gasteiger partial charge is 0.497 e. The van der Waals surface area contributed by atoms with Gasteiger partial charge in [-0.3, -0.25) is 9.59 Å². The molecule has 0 bridgehead atoms. The van der Waals surface area contributed by atoms with E-state index in [9.17, 15) is 112 Å². The topological polar surface area (TPSA) is 603 Å². The molecule has 5 aliphatic carbocycles. The van der Waals surface area contributed by atoms with Crippen molar-refractivity contribution < 1.29 is 192 Å². The molecule has 20 N–H and O–H groups in total. The maximum absolute atomic E-state index is 16.6. The Morgan fingerprint density at radius 2 is 1.08 bits per heavy atom. The second-order valence-corrected chi connectivity index (χ2v) is 36.2. The number of esters is 2. The lowest BCUT2D eigenvalue weighted by Crippen LogP contribution is -2.71. The minimum Gasteiger partial charge on any atom is -0.497 e. The Morgan fingerprint density at radius 3 is 1.68 bits per heavy atom. The summed E-state index contributed by atoms with van der Waals surface area (Å²) < 4.78 is 98.7. The standard InChI is InChI=1S/C80H120O39/c1-32-46(87)50(91)54(95)66(107-32)116-61-59(113-45(86)17-12-35-10-13-36(104-9)14-11-35)34(3)109-70(62(61)117-69-57(98)60(115-71-63(99)80(103,30-84)31-106-71)58(33(2)108-69)114-65-53(94)49(90)42(28-105-65)112-67-55(96)51(92)47(88)40(26-81)110-67)119-73(102)78-21-20-74(4,5)24-38(78)37-15-16-43-75(6)25-39(85)64(118-68-56(97)52(93)48(89)41(27-82)111-68)77(8,72(100)101)44(75)18-19-76(43,7)79(37,29-83)23-22-78/h10-15,17,32-34,38-44,46-71,81-85,87-99,103H,16,18-31H2,1-9H3,(H,100,101)/b17-12+/t32-,33-,34+,38?,39?,40+,41+,42+,43?,44?,46-,47-,48+,49-,50+,51-,52-,53+,54+,55+,56+,57+,58-,59-,60-,61-,62+,63-,64?,65+,66-,67+,68?,69-,70+,71?,75+,76+,77-,78?,79-,80+/m0/s1. The van der Waals surface area contributed by atoms with Crippen molar-refractivity contribution in [3.8, 4) is 5.75 Å². The molecule has 119 heavy (non-hydrogen) atoms. The van der Waals surface area contributed by atoms with E-state index in [1.165, 1.54) is 40.9 Å².